The molecular weight excluding hydrogens is 262 g/mol. The van der Waals surface area contributed by atoms with Gasteiger partial charge in [-0.1, -0.05) is 31.9 Å². The van der Waals surface area contributed by atoms with Gasteiger partial charge in [0.25, 0.3) is 0 Å². The summed E-state index contributed by atoms with van der Waals surface area (Å²) < 4.78 is 5.32. The molecule has 1 aliphatic carbocycles. The van der Waals surface area contributed by atoms with Crippen molar-refractivity contribution in [2.24, 2.45) is 5.41 Å². The number of rotatable bonds is 3. The second-order valence-corrected chi connectivity index (χ2v) is 6.25. The van der Waals surface area contributed by atoms with Crippen LogP contribution in [0.2, 0.25) is 0 Å². The van der Waals surface area contributed by atoms with Crippen LogP contribution in [0.1, 0.15) is 38.4 Å². The van der Waals surface area contributed by atoms with Crippen molar-refractivity contribution in [1.82, 2.24) is 0 Å². The van der Waals surface area contributed by atoms with Crippen LogP contribution in [-0.4, -0.2) is 5.91 Å². The number of amides is 1. The van der Waals surface area contributed by atoms with E-state index in [4.69, 9.17) is 4.42 Å². The van der Waals surface area contributed by atoms with Crippen LogP contribution in [0.25, 0.3) is 11.1 Å². The number of benzene rings is 1. The van der Waals surface area contributed by atoms with Crippen LogP contribution >= 0.6 is 0 Å². The molecule has 0 spiro atoms. The van der Waals surface area contributed by atoms with Gasteiger partial charge in [-0.05, 0) is 43.5 Å². The predicted octanol–water partition coefficient (Wildman–Crippen LogP) is 4.77. The van der Waals surface area contributed by atoms with E-state index >= 15 is 0 Å². The molecule has 3 rings (SSSR count). The number of aryl methyl sites for hydroxylation is 1. The number of hydrogen-bond donors (Lipinski definition) is 1. The van der Waals surface area contributed by atoms with Crippen LogP contribution in [0.15, 0.2) is 41.0 Å². The van der Waals surface area contributed by atoms with E-state index in [0.717, 1.165) is 48.3 Å². The van der Waals surface area contributed by atoms with Crippen molar-refractivity contribution < 1.29 is 9.21 Å². The smallest absolute Gasteiger partial charge is 0.230 e. The summed E-state index contributed by atoms with van der Waals surface area (Å²) in [4.78, 5) is 12.4. The Labute approximate surface area is 125 Å². The van der Waals surface area contributed by atoms with Crippen LogP contribution in [0.4, 0.5) is 5.69 Å². The predicted molar refractivity (Wildman–Crippen MR) is 84.1 cm³/mol. The zero-order valence-corrected chi connectivity index (χ0v) is 12.6. The minimum absolute atomic E-state index is 0.145. The van der Waals surface area contributed by atoms with Gasteiger partial charge in [0.05, 0.1) is 6.26 Å². The molecule has 1 aromatic heterocycles. The van der Waals surface area contributed by atoms with E-state index < -0.39 is 0 Å². The number of nitrogens with one attached hydrogen (secondary N) is 1. The average Bonchev–Trinajstić information content (AvgIpc) is 3.09. The molecule has 1 N–H and O–H groups in total. The Morgan fingerprint density at radius 1 is 1.14 bits per heavy atom. The highest BCUT2D eigenvalue weighted by atomic mass is 16.3. The number of carbonyl (C=O) groups excluding carboxylic acids is 1. The van der Waals surface area contributed by atoms with Crippen LogP contribution in [-0.2, 0) is 4.79 Å². The van der Waals surface area contributed by atoms with E-state index in [-0.39, 0.29) is 11.3 Å². The molecule has 1 aliphatic rings. The fourth-order valence-corrected chi connectivity index (χ4v) is 3.01. The summed E-state index contributed by atoms with van der Waals surface area (Å²) in [5.41, 5.74) is 2.82. The fourth-order valence-electron chi connectivity index (χ4n) is 3.01. The molecule has 0 unspecified atom stereocenters. The van der Waals surface area contributed by atoms with Gasteiger partial charge in [0.1, 0.15) is 5.76 Å². The lowest BCUT2D eigenvalue weighted by molar-refractivity contribution is -0.124. The van der Waals surface area contributed by atoms with Crippen molar-refractivity contribution in [3.63, 3.8) is 0 Å². The summed E-state index contributed by atoms with van der Waals surface area (Å²) in [7, 11) is 0. The SMILES string of the molecule is Cc1cc(-c2ccc(NC(=O)C3(C)CCCC3)cc2)co1. The molecule has 0 radical (unpaired) electrons. The zero-order chi connectivity index (χ0) is 14.9. The lowest BCUT2D eigenvalue weighted by Gasteiger charge is -2.22. The third kappa shape index (κ3) is 2.87. The number of anilines is 1. The molecule has 0 bridgehead atoms. The van der Waals surface area contributed by atoms with Crippen LogP contribution < -0.4 is 5.32 Å². The van der Waals surface area contributed by atoms with Crippen molar-refractivity contribution in [2.45, 2.75) is 39.5 Å². The molecule has 3 heteroatoms. The van der Waals surface area contributed by atoms with E-state index in [0.29, 0.717) is 0 Å². The Hall–Kier alpha value is -2.03. The minimum Gasteiger partial charge on any atom is -0.469 e. The largest absolute Gasteiger partial charge is 0.469 e. The van der Waals surface area contributed by atoms with Gasteiger partial charge in [0.15, 0.2) is 0 Å². The summed E-state index contributed by atoms with van der Waals surface area (Å²) >= 11 is 0. The van der Waals surface area contributed by atoms with Crippen molar-refractivity contribution in [2.75, 3.05) is 5.32 Å². The zero-order valence-electron chi connectivity index (χ0n) is 12.6. The van der Waals surface area contributed by atoms with Crippen LogP contribution in [0, 0.1) is 12.3 Å². The second-order valence-electron chi connectivity index (χ2n) is 6.25. The van der Waals surface area contributed by atoms with E-state index in [1.54, 1.807) is 6.26 Å². The lowest BCUT2D eigenvalue weighted by Crippen LogP contribution is -2.30. The van der Waals surface area contributed by atoms with Gasteiger partial charge in [-0.15, -0.1) is 0 Å². The summed E-state index contributed by atoms with van der Waals surface area (Å²) in [6, 6.07) is 9.93. The molecule has 0 aliphatic heterocycles. The van der Waals surface area contributed by atoms with Crippen molar-refractivity contribution in [1.29, 1.82) is 0 Å². The first-order chi connectivity index (χ1) is 10.1. The third-order valence-corrected chi connectivity index (χ3v) is 4.46. The Morgan fingerprint density at radius 3 is 2.38 bits per heavy atom. The van der Waals surface area contributed by atoms with Crippen molar-refractivity contribution in [3.05, 3.63) is 42.4 Å². The second kappa shape index (κ2) is 5.40. The number of hydrogen-bond acceptors (Lipinski definition) is 2. The first-order valence-electron chi connectivity index (χ1n) is 7.54. The Bertz CT molecular complexity index is 633. The minimum atomic E-state index is -0.194. The molecule has 1 saturated carbocycles. The topological polar surface area (TPSA) is 42.2 Å². The molecule has 0 atom stereocenters. The number of carbonyl (C=O) groups is 1. The van der Waals surface area contributed by atoms with Gasteiger partial charge in [-0.3, -0.25) is 4.79 Å². The summed E-state index contributed by atoms with van der Waals surface area (Å²) in [5.74, 6) is 1.04. The summed E-state index contributed by atoms with van der Waals surface area (Å²) in [6.45, 7) is 4.00. The summed E-state index contributed by atoms with van der Waals surface area (Å²) in [5, 5.41) is 3.05. The molecule has 1 heterocycles. The highest BCUT2D eigenvalue weighted by Crippen LogP contribution is 2.38. The molecule has 0 saturated heterocycles. The summed E-state index contributed by atoms with van der Waals surface area (Å²) in [6.07, 6.45) is 6.05. The average molecular weight is 283 g/mol. The molecule has 1 fully saturated rings. The third-order valence-electron chi connectivity index (χ3n) is 4.46. The van der Waals surface area contributed by atoms with Gasteiger partial charge in [0.2, 0.25) is 5.91 Å². The maximum Gasteiger partial charge on any atom is 0.230 e. The standard InChI is InChI=1S/C18H21NO2/c1-13-11-15(12-21-13)14-5-7-16(8-6-14)19-17(20)18(2)9-3-4-10-18/h5-8,11-12H,3-4,9-10H2,1-2H3,(H,19,20). The van der Waals surface area contributed by atoms with Gasteiger partial charge in [-0.2, -0.15) is 0 Å². The first-order valence-corrected chi connectivity index (χ1v) is 7.54. The maximum absolute atomic E-state index is 12.4. The van der Waals surface area contributed by atoms with E-state index in [1.165, 1.54) is 0 Å². The molecule has 110 valence electrons. The molecule has 3 nitrogen and oxygen atoms in total. The first kappa shape index (κ1) is 13.9. The molecule has 1 amide bonds. The van der Waals surface area contributed by atoms with Gasteiger partial charge >= 0.3 is 0 Å². The maximum atomic E-state index is 12.4. The molecular formula is C18H21NO2. The molecule has 21 heavy (non-hydrogen) atoms. The number of furan rings is 1. The van der Waals surface area contributed by atoms with E-state index in [9.17, 15) is 4.79 Å². The van der Waals surface area contributed by atoms with E-state index in [2.05, 4.69) is 12.2 Å². The monoisotopic (exact) mass is 283 g/mol. The normalized spacial score (nSPS) is 16.9. The Kier molecular flexibility index (Phi) is 3.58. The van der Waals surface area contributed by atoms with Crippen LogP contribution in [0.5, 0.6) is 0 Å². The van der Waals surface area contributed by atoms with E-state index in [1.807, 2.05) is 37.3 Å². The lowest BCUT2D eigenvalue weighted by atomic mass is 9.88. The molecule has 1 aromatic carbocycles. The van der Waals surface area contributed by atoms with Gasteiger partial charge in [0, 0.05) is 16.7 Å². The van der Waals surface area contributed by atoms with Crippen molar-refractivity contribution >= 4 is 11.6 Å². The van der Waals surface area contributed by atoms with Gasteiger partial charge in [-0.25, -0.2) is 0 Å². The van der Waals surface area contributed by atoms with Crippen molar-refractivity contribution in [3.8, 4) is 11.1 Å². The Morgan fingerprint density at radius 2 is 1.81 bits per heavy atom. The molecule has 2 aromatic rings. The highest BCUT2D eigenvalue weighted by molar-refractivity contribution is 5.95. The van der Waals surface area contributed by atoms with Crippen LogP contribution in [0.3, 0.4) is 0 Å². The quantitative estimate of drug-likeness (QED) is 0.881. The highest BCUT2D eigenvalue weighted by Gasteiger charge is 2.36. The Balaban J connectivity index is 1.71. The fraction of sp³-hybridized carbons (Fsp3) is 0.389. The van der Waals surface area contributed by atoms with Gasteiger partial charge < -0.3 is 9.73 Å².